The third-order valence-corrected chi connectivity index (χ3v) is 7.95. The quantitative estimate of drug-likeness (QED) is 0.175. The molecule has 2 aromatic carbocycles. The van der Waals surface area contributed by atoms with Crippen molar-refractivity contribution in [2.24, 2.45) is 0 Å². The molecule has 1 atom stereocenters. The molecule has 1 aromatic heterocycles. The predicted molar refractivity (Wildman–Crippen MR) is 155 cm³/mol. The van der Waals surface area contributed by atoms with Gasteiger partial charge in [-0.2, -0.15) is 4.72 Å². The van der Waals surface area contributed by atoms with Gasteiger partial charge in [-0.05, 0) is 62.5 Å². The number of esters is 1. The number of carbonyl (C=O) groups is 2. The third kappa shape index (κ3) is 8.03. The number of hydrogen-bond donors (Lipinski definition) is 5. The van der Waals surface area contributed by atoms with Crippen molar-refractivity contribution in [3.63, 3.8) is 0 Å². The molecule has 0 aliphatic carbocycles. The normalized spacial score (nSPS) is 12.1. The summed E-state index contributed by atoms with van der Waals surface area (Å²) in [5, 5.41) is 19.4. The van der Waals surface area contributed by atoms with Gasteiger partial charge in [0.2, 0.25) is 15.9 Å². The molecule has 208 valence electrons. The van der Waals surface area contributed by atoms with E-state index >= 15 is 0 Å². The summed E-state index contributed by atoms with van der Waals surface area (Å²) in [7, 11) is -3.27. The Hall–Kier alpha value is -3.43. The number of thiazole rings is 1. The number of nitrogens with zero attached hydrogens (tertiary/aromatic N) is 1. The number of aliphatic hydroxyl groups is 1. The highest BCUT2D eigenvalue weighted by molar-refractivity contribution is 7.89. The van der Waals surface area contributed by atoms with Gasteiger partial charge in [0.15, 0.2) is 5.11 Å². The molecular weight excluding hydrogens is 563 g/mol. The molecule has 0 bridgehead atoms. The van der Waals surface area contributed by atoms with Crippen LogP contribution >= 0.6 is 23.6 Å². The van der Waals surface area contributed by atoms with Gasteiger partial charge in [-0.1, -0.05) is 6.07 Å². The first-order chi connectivity index (χ1) is 18.4. The number of amides is 1. The zero-order valence-corrected chi connectivity index (χ0v) is 24.1. The Balaban J connectivity index is 1.95. The van der Waals surface area contributed by atoms with Gasteiger partial charge in [-0.15, -0.1) is 11.3 Å². The van der Waals surface area contributed by atoms with Gasteiger partial charge in [0.25, 0.3) is 0 Å². The Morgan fingerprint density at radius 2 is 1.77 bits per heavy atom. The summed E-state index contributed by atoms with van der Waals surface area (Å²) in [5.74, 6) is -1.33. The molecule has 5 N–H and O–H groups in total. The zero-order chi connectivity index (χ0) is 28.7. The molecule has 0 fully saturated rings. The minimum Gasteiger partial charge on any atom is -0.468 e. The third-order valence-electron chi connectivity index (χ3n) is 5.14. The first kappa shape index (κ1) is 30.1. The second-order valence-electron chi connectivity index (χ2n) is 8.63. The standard InChI is InChI=1S/C25H29N5O6S3/c1-14(2)27-25(37)29-17-7-5-16(6-8-17)23-26-12-21(38-23)19-10-9-18(28-15(3)32)11-22(19)39(34,35)30-20(13-31)24(33)36-4/h5-12,14,20,30-31H,13H2,1-4H3,(H,28,32)(H2,27,29,37)/t20-/m0/s1. The molecule has 1 heterocycles. The number of anilines is 2. The monoisotopic (exact) mass is 591 g/mol. The van der Waals surface area contributed by atoms with Gasteiger partial charge in [0.05, 0.1) is 23.5 Å². The SMILES string of the molecule is COC(=O)[C@H](CO)NS(=O)(=O)c1cc(NC(C)=O)ccc1-c1cnc(-c2ccc(NC(=S)NC(C)C)cc2)s1. The molecule has 3 rings (SSSR count). The molecule has 39 heavy (non-hydrogen) atoms. The van der Waals surface area contributed by atoms with Gasteiger partial charge in [-0.3, -0.25) is 9.59 Å². The maximum atomic E-state index is 13.3. The van der Waals surface area contributed by atoms with E-state index in [1.54, 1.807) is 18.3 Å². The molecule has 3 aromatic rings. The molecule has 0 aliphatic rings. The smallest absolute Gasteiger partial charge is 0.326 e. The van der Waals surface area contributed by atoms with Crippen molar-refractivity contribution in [2.75, 3.05) is 24.4 Å². The lowest BCUT2D eigenvalue weighted by Gasteiger charge is -2.17. The molecule has 0 spiro atoms. The molecule has 1 amide bonds. The van der Waals surface area contributed by atoms with Crippen molar-refractivity contribution < 1.29 is 27.9 Å². The number of sulfonamides is 1. The Bertz CT molecular complexity index is 1460. The van der Waals surface area contributed by atoms with Crippen LogP contribution in [0.15, 0.2) is 53.6 Å². The van der Waals surface area contributed by atoms with E-state index in [9.17, 15) is 23.1 Å². The Morgan fingerprint density at radius 1 is 1.10 bits per heavy atom. The molecule has 0 radical (unpaired) electrons. The van der Waals surface area contributed by atoms with Crippen LogP contribution in [0.25, 0.3) is 21.0 Å². The van der Waals surface area contributed by atoms with Crippen molar-refractivity contribution in [1.82, 2.24) is 15.0 Å². The largest absolute Gasteiger partial charge is 0.468 e. The first-order valence-electron chi connectivity index (χ1n) is 11.7. The number of aliphatic hydroxyl groups excluding tert-OH is 1. The van der Waals surface area contributed by atoms with E-state index in [0.717, 1.165) is 18.4 Å². The Morgan fingerprint density at radius 3 is 2.36 bits per heavy atom. The van der Waals surface area contributed by atoms with Crippen LogP contribution in [0.5, 0.6) is 0 Å². The van der Waals surface area contributed by atoms with Crippen molar-refractivity contribution >= 4 is 61.9 Å². The zero-order valence-electron chi connectivity index (χ0n) is 21.6. The average Bonchev–Trinajstić information content (AvgIpc) is 3.36. The minimum atomic E-state index is -4.35. The lowest BCUT2D eigenvalue weighted by atomic mass is 10.2. The summed E-state index contributed by atoms with van der Waals surface area (Å²) in [4.78, 5) is 28.3. The lowest BCUT2D eigenvalue weighted by Crippen LogP contribution is -2.44. The van der Waals surface area contributed by atoms with Crippen LogP contribution in [-0.4, -0.2) is 61.3 Å². The summed E-state index contributed by atoms with van der Waals surface area (Å²) in [6.45, 7) is 4.47. The fourth-order valence-corrected chi connectivity index (χ4v) is 6.24. The maximum Gasteiger partial charge on any atom is 0.326 e. The molecular formula is C25H29N5O6S3. The van der Waals surface area contributed by atoms with Gasteiger partial charge in [0.1, 0.15) is 11.0 Å². The van der Waals surface area contributed by atoms with Crippen molar-refractivity contribution in [3.8, 4) is 21.0 Å². The Kier molecular flexibility index (Phi) is 10.1. The minimum absolute atomic E-state index is 0.198. The second kappa shape index (κ2) is 13.1. The predicted octanol–water partition coefficient (Wildman–Crippen LogP) is 2.94. The molecule has 14 heteroatoms. The van der Waals surface area contributed by atoms with E-state index in [0.29, 0.717) is 20.6 Å². The summed E-state index contributed by atoms with van der Waals surface area (Å²) >= 11 is 6.54. The Labute approximate surface area is 236 Å². The van der Waals surface area contributed by atoms with E-state index < -0.39 is 28.6 Å². The summed E-state index contributed by atoms with van der Waals surface area (Å²) in [5.41, 5.74) is 2.14. The number of nitrogens with one attached hydrogen (secondary N) is 4. The van der Waals surface area contributed by atoms with E-state index in [1.807, 2.05) is 38.1 Å². The van der Waals surface area contributed by atoms with Crippen molar-refractivity contribution in [1.29, 1.82) is 0 Å². The average molecular weight is 592 g/mol. The van der Waals surface area contributed by atoms with Crippen LogP contribution in [0.4, 0.5) is 11.4 Å². The fourth-order valence-electron chi connectivity index (χ4n) is 3.44. The van der Waals surface area contributed by atoms with Crippen LogP contribution in [0, 0.1) is 0 Å². The lowest BCUT2D eigenvalue weighted by molar-refractivity contribution is -0.143. The van der Waals surface area contributed by atoms with Gasteiger partial charge in [-0.25, -0.2) is 13.4 Å². The summed E-state index contributed by atoms with van der Waals surface area (Å²) in [6, 6.07) is 10.5. The maximum absolute atomic E-state index is 13.3. The highest BCUT2D eigenvalue weighted by Crippen LogP contribution is 2.37. The molecule has 0 aliphatic heterocycles. The number of aromatic nitrogens is 1. The van der Waals surface area contributed by atoms with Crippen LogP contribution in [0.3, 0.4) is 0 Å². The highest BCUT2D eigenvalue weighted by atomic mass is 32.2. The number of benzene rings is 2. The first-order valence-corrected chi connectivity index (χ1v) is 14.4. The van der Waals surface area contributed by atoms with Gasteiger partial charge >= 0.3 is 5.97 Å². The van der Waals surface area contributed by atoms with Gasteiger partial charge < -0.3 is 25.8 Å². The van der Waals surface area contributed by atoms with Crippen molar-refractivity contribution in [3.05, 3.63) is 48.7 Å². The molecule has 0 saturated heterocycles. The van der Waals surface area contributed by atoms with E-state index in [-0.39, 0.29) is 22.5 Å². The van der Waals surface area contributed by atoms with E-state index in [2.05, 4.69) is 30.4 Å². The molecule has 0 unspecified atom stereocenters. The summed E-state index contributed by atoms with van der Waals surface area (Å²) < 4.78 is 33.4. The molecule has 11 nitrogen and oxygen atoms in total. The van der Waals surface area contributed by atoms with Crippen LogP contribution in [-0.2, 0) is 24.3 Å². The van der Waals surface area contributed by atoms with Crippen LogP contribution in [0.1, 0.15) is 20.8 Å². The topological polar surface area (TPSA) is 159 Å². The second-order valence-corrected chi connectivity index (χ2v) is 11.8. The highest BCUT2D eigenvalue weighted by Gasteiger charge is 2.29. The fraction of sp³-hybridized carbons (Fsp3) is 0.280. The van der Waals surface area contributed by atoms with Crippen LogP contribution in [0.2, 0.25) is 0 Å². The van der Waals surface area contributed by atoms with E-state index in [4.69, 9.17) is 12.2 Å². The number of ether oxygens (including phenoxy) is 1. The molecule has 0 saturated carbocycles. The number of carbonyl (C=O) groups excluding carboxylic acids is 2. The number of rotatable bonds is 10. The van der Waals surface area contributed by atoms with Crippen molar-refractivity contribution in [2.45, 2.75) is 37.8 Å². The number of hydrogen-bond acceptors (Lipinski definition) is 9. The summed E-state index contributed by atoms with van der Waals surface area (Å²) in [6.07, 6.45) is 1.55. The van der Waals surface area contributed by atoms with Crippen LogP contribution < -0.4 is 20.7 Å². The number of thiocarbonyl (C=S) groups is 1. The number of methoxy groups -OCH3 is 1. The van der Waals surface area contributed by atoms with E-state index in [1.165, 1.54) is 24.3 Å². The van der Waals surface area contributed by atoms with Gasteiger partial charge in [0, 0.05) is 41.7 Å².